The van der Waals surface area contributed by atoms with E-state index in [9.17, 15) is 5.21 Å². The Morgan fingerprint density at radius 1 is 1.73 bits per heavy atom. The second-order valence-corrected chi connectivity index (χ2v) is 2.10. The summed E-state index contributed by atoms with van der Waals surface area (Å²) >= 11 is 0. The molecule has 11 heavy (non-hydrogen) atoms. The van der Waals surface area contributed by atoms with Gasteiger partial charge in [-0.05, 0) is 19.1 Å². The fraction of sp³-hybridized carbons (Fsp3) is 0.286. The lowest BCUT2D eigenvalue weighted by Crippen LogP contribution is -2.30. The second kappa shape index (κ2) is 3.09. The first-order valence-corrected chi connectivity index (χ1v) is 3.40. The lowest BCUT2D eigenvalue weighted by molar-refractivity contribution is -0.590. The van der Waals surface area contributed by atoms with E-state index >= 15 is 0 Å². The third-order valence-electron chi connectivity index (χ3n) is 1.28. The zero-order valence-electron chi connectivity index (χ0n) is 6.24. The first-order valence-electron chi connectivity index (χ1n) is 3.40. The predicted octanol–water partition coefficient (Wildman–Crippen LogP) is 0.457. The molecule has 0 aliphatic rings. The smallest absolute Gasteiger partial charge is 0.320 e. The summed E-state index contributed by atoms with van der Waals surface area (Å²) in [4.78, 5) is 0. The molecule has 0 saturated heterocycles. The fourth-order valence-electron chi connectivity index (χ4n) is 0.815. The Balaban J connectivity index is 3.00. The van der Waals surface area contributed by atoms with Gasteiger partial charge in [-0.2, -0.15) is 0 Å². The minimum absolute atomic E-state index is 0.0237. The van der Waals surface area contributed by atoms with Crippen LogP contribution in [0.15, 0.2) is 18.3 Å². The van der Waals surface area contributed by atoms with Crippen molar-refractivity contribution in [2.45, 2.75) is 6.92 Å². The Morgan fingerprint density at radius 3 is 3.00 bits per heavy atom. The van der Waals surface area contributed by atoms with Gasteiger partial charge in [0.2, 0.25) is 5.75 Å². The van der Waals surface area contributed by atoms with Crippen LogP contribution in [0.25, 0.3) is 0 Å². The summed E-state index contributed by atoms with van der Waals surface area (Å²) in [6.07, 6.45) is 1.33. The fourth-order valence-corrected chi connectivity index (χ4v) is 0.815. The summed E-state index contributed by atoms with van der Waals surface area (Å²) in [5, 5.41) is 22.8. The van der Waals surface area contributed by atoms with E-state index in [0.29, 0.717) is 11.3 Å². The van der Waals surface area contributed by atoms with Gasteiger partial charge in [0, 0.05) is 0 Å². The van der Waals surface area contributed by atoms with Crippen LogP contribution in [0.3, 0.4) is 0 Å². The van der Waals surface area contributed by atoms with Gasteiger partial charge in [0.15, 0.2) is 0 Å². The first kappa shape index (κ1) is 7.65. The maximum Gasteiger partial charge on any atom is 0.320 e. The Hall–Kier alpha value is -1.45. The van der Waals surface area contributed by atoms with Crippen molar-refractivity contribution in [2.24, 2.45) is 0 Å². The van der Waals surface area contributed by atoms with E-state index in [-0.39, 0.29) is 11.6 Å². The highest BCUT2D eigenvalue weighted by molar-refractivity contribution is 5.43. The van der Waals surface area contributed by atoms with E-state index in [0.717, 1.165) is 0 Å². The number of hydrogen-bond acceptors (Lipinski definition) is 3. The van der Waals surface area contributed by atoms with Crippen LogP contribution >= 0.6 is 0 Å². The van der Waals surface area contributed by atoms with Crippen molar-refractivity contribution < 1.29 is 9.84 Å². The summed E-state index contributed by atoms with van der Waals surface area (Å²) in [5.74, 6) is 0.180. The molecular formula is C7H10N2O2. The number of hydrogen-bond donors (Lipinski definition) is 2. The zero-order valence-corrected chi connectivity index (χ0v) is 6.24. The van der Waals surface area contributed by atoms with Gasteiger partial charge in [-0.25, -0.2) is 4.73 Å². The number of pyridine rings is 1. The molecule has 0 aliphatic carbocycles. The second-order valence-electron chi connectivity index (χ2n) is 2.10. The van der Waals surface area contributed by atoms with Gasteiger partial charge in [0.05, 0.1) is 12.7 Å². The van der Waals surface area contributed by atoms with Crippen LogP contribution in [-0.2, 0) is 0 Å². The summed E-state index contributed by atoms with van der Waals surface area (Å²) < 4.78 is 0.596. The number of aromatic nitrogens is 1. The molecule has 2 N–H and O–H groups in total. The van der Waals surface area contributed by atoms with E-state index in [1.807, 2.05) is 6.92 Å². The maximum atomic E-state index is 10.9. The summed E-state index contributed by atoms with van der Waals surface area (Å²) in [5.41, 5.74) is 0. The molecule has 0 atom stereocenters. The van der Waals surface area contributed by atoms with E-state index in [4.69, 9.17) is 5.11 Å². The van der Waals surface area contributed by atoms with E-state index in [1.54, 1.807) is 0 Å². The highest BCUT2D eigenvalue weighted by Gasteiger charge is 2.06. The third kappa shape index (κ3) is 1.52. The third-order valence-corrected chi connectivity index (χ3v) is 1.28. The molecular weight excluding hydrogens is 144 g/mol. The van der Waals surface area contributed by atoms with Crippen molar-refractivity contribution in [1.82, 2.24) is 0 Å². The Bertz CT molecular complexity index is 230. The maximum absolute atomic E-state index is 10.9. The molecule has 4 nitrogen and oxygen atoms in total. The quantitative estimate of drug-likeness (QED) is 0.480. The molecule has 0 aromatic carbocycles. The van der Waals surface area contributed by atoms with Crippen LogP contribution in [0, 0.1) is 5.21 Å². The van der Waals surface area contributed by atoms with Gasteiger partial charge in [0.25, 0.3) is 0 Å². The molecule has 0 bridgehead atoms. The van der Waals surface area contributed by atoms with Crippen molar-refractivity contribution in [1.29, 1.82) is 0 Å². The number of aromatic hydroxyl groups is 1. The number of rotatable bonds is 2. The molecule has 0 unspecified atom stereocenters. The Kier molecular flexibility index (Phi) is 2.15. The highest BCUT2D eigenvalue weighted by Crippen LogP contribution is 2.15. The normalized spacial score (nSPS) is 9.55. The van der Waals surface area contributed by atoms with Crippen LogP contribution in [-0.4, -0.2) is 11.7 Å². The summed E-state index contributed by atoms with van der Waals surface area (Å²) in [6.45, 7) is 2.46. The van der Waals surface area contributed by atoms with E-state index < -0.39 is 0 Å². The monoisotopic (exact) mass is 154 g/mol. The zero-order chi connectivity index (χ0) is 8.27. The SMILES string of the molecule is CCNc1c(O)ccc[n+]1[O-]. The van der Waals surface area contributed by atoms with Crippen LogP contribution in [0.1, 0.15) is 6.92 Å². The van der Waals surface area contributed by atoms with Gasteiger partial charge < -0.3 is 10.3 Å². The average Bonchev–Trinajstić information content (AvgIpc) is 1.97. The molecule has 0 amide bonds. The predicted molar refractivity (Wildman–Crippen MR) is 41.2 cm³/mol. The number of nitrogens with zero attached hydrogens (tertiary/aromatic N) is 1. The first-order chi connectivity index (χ1) is 5.25. The Labute approximate surface area is 64.7 Å². The highest BCUT2D eigenvalue weighted by atomic mass is 16.5. The molecule has 1 heterocycles. The standard InChI is InChI=1S/C7H10N2O2/c1-2-8-7-6(10)4-3-5-9(7)11/h3-5,8,10H,2H2,1H3. The molecule has 0 saturated carbocycles. The molecule has 4 heteroatoms. The van der Waals surface area contributed by atoms with Gasteiger partial charge in [-0.1, -0.05) is 0 Å². The molecule has 1 aromatic heterocycles. The van der Waals surface area contributed by atoms with Crippen LogP contribution in [0.4, 0.5) is 5.82 Å². The van der Waals surface area contributed by atoms with Crippen molar-refractivity contribution in [3.8, 4) is 5.75 Å². The van der Waals surface area contributed by atoms with Crippen LogP contribution in [0.2, 0.25) is 0 Å². The molecule has 1 aromatic rings. The summed E-state index contributed by atoms with van der Waals surface area (Å²) in [6, 6.07) is 2.95. The summed E-state index contributed by atoms with van der Waals surface area (Å²) in [7, 11) is 0. The van der Waals surface area contributed by atoms with Gasteiger partial charge in [0.1, 0.15) is 0 Å². The average molecular weight is 154 g/mol. The van der Waals surface area contributed by atoms with Crippen molar-refractivity contribution >= 4 is 5.82 Å². The van der Waals surface area contributed by atoms with E-state index in [1.165, 1.54) is 18.3 Å². The Morgan fingerprint density at radius 2 is 2.45 bits per heavy atom. The molecule has 0 aliphatic heterocycles. The van der Waals surface area contributed by atoms with Crippen molar-refractivity contribution in [2.75, 3.05) is 11.9 Å². The minimum atomic E-state index is -0.0237. The van der Waals surface area contributed by atoms with Crippen LogP contribution in [0.5, 0.6) is 5.75 Å². The van der Waals surface area contributed by atoms with Crippen LogP contribution < -0.4 is 10.0 Å². The van der Waals surface area contributed by atoms with Crippen molar-refractivity contribution in [3.05, 3.63) is 23.5 Å². The van der Waals surface area contributed by atoms with Gasteiger partial charge in [-0.3, -0.25) is 5.32 Å². The molecule has 60 valence electrons. The van der Waals surface area contributed by atoms with Gasteiger partial charge in [-0.15, -0.1) is 0 Å². The molecule has 0 radical (unpaired) electrons. The lowest BCUT2D eigenvalue weighted by Gasteiger charge is -2.07. The topological polar surface area (TPSA) is 59.2 Å². The largest absolute Gasteiger partial charge is 0.711 e. The number of anilines is 1. The molecule has 0 spiro atoms. The van der Waals surface area contributed by atoms with Gasteiger partial charge >= 0.3 is 5.82 Å². The lowest BCUT2D eigenvalue weighted by atomic mass is 10.4. The van der Waals surface area contributed by atoms with E-state index in [2.05, 4.69) is 5.32 Å². The minimum Gasteiger partial charge on any atom is -0.711 e. The number of nitrogens with one attached hydrogen (secondary N) is 1. The molecule has 1 rings (SSSR count). The van der Waals surface area contributed by atoms with Crippen molar-refractivity contribution in [3.63, 3.8) is 0 Å². The molecule has 0 fully saturated rings.